The molecule has 0 radical (unpaired) electrons. The number of aromatic nitrogens is 3. The Hall–Kier alpha value is -2.78. The maximum Gasteiger partial charge on any atom is 0.137 e. The van der Waals surface area contributed by atoms with Crippen molar-refractivity contribution in [1.82, 2.24) is 14.8 Å². The number of nitriles is 1. The van der Waals surface area contributed by atoms with E-state index in [4.69, 9.17) is 0 Å². The molecule has 1 aliphatic rings. The summed E-state index contributed by atoms with van der Waals surface area (Å²) in [4.78, 5) is 5.10. The van der Waals surface area contributed by atoms with Crippen LogP contribution >= 0.6 is 11.8 Å². The van der Waals surface area contributed by atoms with Gasteiger partial charge in [-0.25, -0.2) is 9.67 Å². The summed E-state index contributed by atoms with van der Waals surface area (Å²) in [5, 5.41) is 23.2. The highest BCUT2D eigenvalue weighted by atomic mass is 32.2. The molecular formula is C20H18N4OS. The van der Waals surface area contributed by atoms with E-state index in [9.17, 15) is 10.4 Å². The number of nitrogens with zero attached hydrogens (tertiary/aromatic N) is 4. The topological polar surface area (TPSA) is 74.7 Å². The van der Waals surface area contributed by atoms with Crippen molar-refractivity contribution in [3.8, 4) is 11.8 Å². The molecule has 130 valence electrons. The van der Waals surface area contributed by atoms with Gasteiger partial charge in [-0.2, -0.15) is 10.4 Å². The van der Waals surface area contributed by atoms with E-state index in [1.807, 2.05) is 12.1 Å². The third kappa shape index (κ3) is 3.58. The van der Waals surface area contributed by atoms with E-state index in [0.29, 0.717) is 6.54 Å². The fourth-order valence-electron chi connectivity index (χ4n) is 3.01. The number of phenolic OH excluding ortho intramolecular Hbond substituents is 1. The molecule has 1 fully saturated rings. The summed E-state index contributed by atoms with van der Waals surface area (Å²) in [6.45, 7) is 0.645. The average Bonchev–Trinajstić information content (AvgIpc) is 3.31. The fourth-order valence-corrected chi connectivity index (χ4v) is 3.84. The van der Waals surface area contributed by atoms with Gasteiger partial charge in [-0.15, -0.1) is 11.8 Å². The van der Waals surface area contributed by atoms with Crippen LogP contribution in [0.4, 0.5) is 0 Å². The lowest BCUT2D eigenvalue weighted by molar-refractivity contribution is 0.475. The summed E-state index contributed by atoms with van der Waals surface area (Å²) in [6, 6.07) is 16.2. The molecule has 1 N–H and O–H groups in total. The van der Waals surface area contributed by atoms with E-state index in [2.05, 4.69) is 34.4 Å². The molecule has 5 nitrogen and oxygen atoms in total. The Morgan fingerprint density at radius 1 is 1.15 bits per heavy atom. The third-order valence-corrected chi connectivity index (χ3v) is 5.71. The zero-order chi connectivity index (χ0) is 18.0. The van der Waals surface area contributed by atoms with Crippen LogP contribution in [-0.4, -0.2) is 19.9 Å². The summed E-state index contributed by atoms with van der Waals surface area (Å²) in [5.74, 6) is 1.08. The first kappa shape index (κ1) is 16.7. The second-order valence-corrected chi connectivity index (χ2v) is 7.66. The Labute approximate surface area is 156 Å². The van der Waals surface area contributed by atoms with Crippen molar-refractivity contribution in [2.45, 2.75) is 35.4 Å². The molecule has 0 bridgehead atoms. The lowest BCUT2D eigenvalue weighted by Gasteiger charge is -2.13. The molecular weight excluding hydrogens is 344 g/mol. The Bertz CT molecular complexity index is 941. The molecule has 1 aromatic heterocycles. The lowest BCUT2D eigenvalue weighted by Crippen LogP contribution is -2.07. The molecule has 0 spiro atoms. The molecule has 0 atom stereocenters. The average molecular weight is 362 g/mol. The molecule has 0 amide bonds. The Balaban J connectivity index is 1.59. The quantitative estimate of drug-likeness (QED) is 0.674. The van der Waals surface area contributed by atoms with Gasteiger partial charge >= 0.3 is 0 Å². The van der Waals surface area contributed by atoms with Gasteiger partial charge in [-0.05, 0) is 53.8 Å². The van der Waals surface area contributed by atoms with Crippen LogP contribution in [0.3, 0.4) is 0 Å². The molecule has 3 aromatic rings. The van der Waals surface area contributed by atoms with Gasteiger partial charge in [0.2, 0.25) is 0 Å². The predicted octanol–water partition coefficient (Wildman–Crippen LogP) is 3.88. The van der Waals surface area contributed by atoms with Crippen molar-refractivity contribution in [2.24, 2.45) is 0 Å². The standard InChI is InChI=1S/C20H18N4OS/c21-12-20(5-6-20)17-8-15(10-24-14-22-13-23-24)7-16(9-17)11-26-19-3-1-18(25)2-4-19/h1-4,7-9,13-14,25H,5-6,10-11H2. The highest BCUT2D eigenvalue weighted by molar-refractivity contribution is 7.98. The Kier molecular flexibility index (Phi) is 4.39. The van der Waals surface area contributed by atoms with Crippen LogP contribution in [0.15, 0.2) is 60.0 Å². The van der Waals surface area contributed by atoms with Crippen LogP contribution in [0, 0.1) is 11.3 Å². The smallest absolute Gasteiger partial charge is 0.137 e. The van der Waals surface area contributed by atoms with Gasteiger partial charge in [0.1, 0.15) is 18.4 Å². The predicted molar refractivity (Wildman–Crippen MR) is 99.8 cm³/mol. The first-order chi connectivity index (χ1) is 12.7. The Morgan fingerprint density at radius 3 is 2.58 bits per heavy atom. The minimum Gasteiger partial charge on any atom is -0.508 e. The van der Waals surface area contributed by atoms with Crippen LogP contribution in [0.1, 0.15) is 29.5 Å². The molecule has 26 heavy (non-hydrogen) atoms. The van der Waals surface area contributed by atoms with Crippen LogP contribution in [-0.2, 0) is 17.7 Å². The van der Waals surface area contributed by atoms with Gasteiger partial charge in [0.15, 0.2) is 0 Å². The van der Waals surface area contributed by atoms with E-state index in [1.165, 1.54) is 11.9 Å². The lowest BCUT2D eigenvalue weighted by atomic mass is 9.94. The first-order valence-electron chi connectivity index (χ1n) is 8.46. The molecule has 0 unspecified atom stereocenters. The van der Waals surface area contributed by atoms with Crippen molar-refractivity contribution in [2.75, 3.05) is 0 Å². The fraction of sp³-hybridized carbons (Fsp3) is 0.250. The summed E-state index contributed by atoms with van der Waals surface area (Å²) >= 11 is 1.72. The molecule has 4 rings (SSSR count). The van der Waals surface area contributed by atoms with Gasteiger partial charge in [-0.3, -0.25) is 0 Å². The largest absolute Gasteiger partial charge is 0.508 e. The van der Waals surface area contributed by atoms with Gasteiger partial charge in [-0.1, -0.05) is 18.2 Å². The van der Waals surface area contributed by atoms with Crippen LogP contribution in [0.5, 0.6) is 5.75 Å². The number of benzene rings is 2. The molecule has 0 saturated heterocycles. The number of aromatic hydroxyl groups is 1. The van der Waals surface area contributed by atoms with E-state index in [0.717, 1.165) is 34.6 Å². The molecule has 2 aromatic carbocycles. The number of phenols is 1. The van der Waals surface area contributed by atoms with Crippen LogP contribution in [0.25, 0.3) is 0 Å². The normalized spacial score (nSPS) is 14.7. The Morgan fingerprint density at radius 2 is 1.92 bits per heavy atom. The zero-order valence-corrected chi connectivity index (χ0v) is 15.0. The van der Waals surface area contributed by atoms with Crippen molar-refractivity contribution >= 4 is 11.8 Å². The van der Waals surface area contributed by atoms with E-state index in [1.54, 1.807) is 34.9 Å². The van der Waals surface area contributed by atoms with Crippen molar-refractivity contribution in [3.05, 3.63) is 71.8 Å². The van der Waals surface area contributed by atoms with Gasteiger partial charge < -0.3 is 5.11 Å². The summed E-state index contributed by atoms with van der Waals surface area (Å²) in [5.41, 5.74) is 3.13. The molecule has 1 heterocycles. The number of rotatable bonds is 6. The monoisotopic (exact) mass is 362 g/mol. The molecule has 6 heteroatoms. The summed E-state index contributed by atoms with van der Waals surface area (Å²) in [7, 11) is 0. The highest BCUT2D eigenvalue weighted by Crippen LogP contribution is 2.48. The van der Waals surface area contributed by atoms with Gasteiger partial charge in [0, 0.05) is 10.6 Å². The second kappa shape index (κ2) is 6.85. The number of hydrogen-bond acceptors (Lipinski definition) is 5. The van der Waals surface area contributed by atoms with Gasteiger partial charge in [0.25, 0.3) is 0 Å². The minimum absolute atomic E-state index is 0.274. The number of hydrogen-bond donors (Lipinski definition) is 1. The third-order valence-electron chi connectivity index (χ3n) is 4.62. The van der Waals surface area contributed by atoms with Crippen molar-refractivity contribution in [1.29, 1.82) is 5.26 Å². The SMILES string of the molecule is N#CC1(c2cc(CSc3ccc(O)cc3)cc(Cn3cncn3)c2)CC1. The summed E-state index contributed by atoms with van der Waals surface area (Å²) in [6.07, 6.45) is 5.10. The van der Waals surface area contributed by atoms with E-state index < -0.39 is 0 Å². The zero-order valence-electron chi connectivity index (χ0n) is 14.2. The molecule has 0 aliphatic heterocycles. The second-order valence-electron chi connectivity index (χ2n) is 6.61. The molecule has 1 aliphatic carbocycles. The highest BCUT2D eigenvalue weighted by Gasteiger charge is 2.45. The van der Waals surface area contributed by atoms with Crippen molar-refractivity contribution < 1.29 is 5.11 Å². The maximum atomic E-state index is 9.58. The molecule has 1 saturated carbocycles. The minimum atomic E-state index is -0.309. The van der Waals surface area contributed by atoms with Crippen LogP contribution < -0.4 is 0 Å². The number of thioether (sulfide) groups is 1. The maximum absolute atomic E-state index is 9.58. The van der Waals surface area contributed by atoms with E-state index in [-0.39, 0.29) is 11.2 Å². The van der Waals surface area contributed by atoms with E-state index >= 15 is 0 Å². The first-order valence-corrected chi connectivity index (χ1v) is 9.44. The van der Waals surface area contributed by atoms with Gasteiger partial charge in [0.05, 0.1) is 18.0 Å². The van der Waals surface area contributed by atoms with Crippen molar-refractivity contribution in [3.63, 3.8) is 0 Å². The summed E-state index contributed by atoms with van der Waals surface area (Å²) < 4.78 is 1.79. The van der Waals surface area contributed by atoms with Crippen LogP contribution in [0.2, 0.25) is 0 Å².